The van der Waals surface area contributed by atoms with Crippen LogP contribution in [0.1, 0.15) is 42.5 Å². The van der Waals surface area contributed by atoms with Gasteiger partial charge in [0.2, 0.25) is 0 Å². The molecule has 9 nitrogen and oxygen atoms in total. The predicted molar refractivity (Wildman–Crippen MR) is 150 cm³/mol. The Labute approximate surface area is 241 Å². The number of amides is 2. The molecular weight excluding hydrogens is 573 g/mol. The molecule has 2 aromatic carbocycles. The van der Waals surface area contributed by atoms with Crippen molar-refractivity contribution in [1.82, 2.24) is 10.3 Å². The summed E-state index contributed by atoms with van der Waals surface area (Å²) in [5.74, 6) is -2.89. The van der Waals surface area contributed by atoms with Gasteiger partial charge in [-0.15, -0.1) is 11.3 Å². The maximum atomic E-state index is 13.7. The zero-order valence-corrected chi connectivity index (χ0v) is 22.6. The van der Waals surface area contributed by atoms with E-state index in [9.17, 15) is 32.7 Å². The first-order chi connectivity index (χ1) is 20.0. The summed E-state index contributed by atoms with van der Waals surface area (Å²) in [6, 6.07) is 14.4. The van der Waals surface area contributed by atoms with E-state index < -0.39 is 41.9 Å². The minimum atomic E-state index is -4.66. The lowest BCUT2D eigenvalue weighted by atomic mass is 9.93. The van der Waals surface area contributed by atoms with E-state index in [4.69, 9.17) is 10.5 Å². The van der Waals surface area contributed by atoms with Crippen LogP contribution >= 0.6 is 11.3 Å². The molecule has 2 aromatic heterocycles. The lowest BCUT2D eigenvalue weighted by Gasteiger charge is -2.17. The average molecular weight is 597 g/mol. The quantitative estimate of drug-likeness (QED) is 0.232. The van der Waals surface area contributed by atoms with E-state index in [0.29, 0.717) is 36.6 Å². The fraction of sp³-hybridized carbons (Fsp3) is 0.172. The Morgan fingerprint density at radius 3 is 2.45 bits per heavy atom. The van der Waals surface area contributed by atoms with Crippen molar-refractivity contribution in [2.45, 2.75) is 19.1 Å². The van der Waals surface area contributed by atoms with Crippen molar-refractivity contribution >= 4 is 34.8 Å². The number of aromatic nitrogens is 1. The van der Waals surface area contributed by atoms with Gasteiger partial charge in [-0.1, -0.05) is 12.1 Å². The summed E-state index contributed by atoms with van der Waals surface area (Å²) in [4.78, 5) is 43.0. The molecule has 0 atom stereocenters. The number of hydrogen-bond donors (Lipinski definition) is 4. The molecule has 5 rings (SSSR count). The van der Waals surface area contributed by atoms with Crippen LogP contribution in [0, 0.1) is 0 Å². The molecule has 0 aliphatic carbocycles. The van der Waals surface area contributed by atoms with Gasteiger partial charge < -0.3 is 26.2 Å². The molecule has 0 unspecified atom stereocenters. The highest BCUT2D eigenvalue weighted by Gasteiger charge is 2.29. The highest BCUT2D eigenvalue weighted by atomic mass is 32.1. The Bertz CT molecular complexity index is 1690. The van der Waals surface area contributed by atoms with Crippen molar-refractivity contribution in [3.63, 3.8) is 0 Å². The Morgan fingerprint density at radius 2 is 1.76 bits per heavy atom. The molecule has 2 amide bonds. The Balaban J connectivity index is 1.62. The number of ether oxygens (including phenoxy) is 1. The van der Waals surface area contributed by atoms with E-state index in [2.05, 4.69) is 10.3 Å². The summed E-state index contributed by atoms with van der Waals surface area (Å²) >= 11 is 1.48. The highest BCUT2D eigenvalue weighted by Crippen LogP contribution is 2.43. The number of nitrogens with one attached hydrogen (secondary N) is 2. The van der Waals surface area contributed by atoms with Gasteiger partial charge in [0.15, 0.2) is 5.69 Å². The van der Waals surface area contributed by atoms with Crippen LogP contribution in [0.4, 0.5) is 18.9 Å². The monoisotopic (exact) mass is 596 g/mol. The molecule has 0 bridgehead atoms. The lowest BCUT2D eigenvalue weighted by molar-refractivity contribution is -0.123. The summed E-state index contributed by atoms with van der Waals surface area (Å²) < 4.78 is 43.8. The molecule has 42 heavy (non-hydrogen) atoms. The number of carbonyl (C=O) groups excluding carboxylic acids is 2. The van der Waals surface area contributed by atoms with Crippen molar-refractivity contribution in [2.75, 3.05) is 18.5 Å². The number of carboxylic acids is 1. The van der Waals surface area contributed by atoms with Gasteiger partial charge in [0.1, 0.15) is 18.0 Å². The maximum Gasteiger partial charge on any atom is 0.405 e. The average Bonchev–Trinajstić information content (AvgIpc) is 3.36. The second-order valence-corrected chi connectivity index (χ2v) is 10.2. The maximum absolute atomic E-state index is 13.7. The van der Waals surface area contributed by atoms with Crippen LogP contribution in [-0.4, -0.2) is 47.2 Å². The van der Waals surface area contributed by atoms with E-state index in [-0.39, 0.29) is 16.7 Å². The van der Waals surface area contributed by atoms with Gasteiger partial charge in [-0.3, -0.25) is 9.59 Å². The van der Waals surface area contributed by atoms with Gasteiger partial charge in [0.05, 0.1) is 6.61 Å². The Hall–Kier alpha value is -4.75. The van der Waals surface area contributed by atoms with Gasteiger partial charge in [-0.2, -0.15) is 13.2 Å². The van der Waals surface area contributed by atoms with Crippen molar-refractivity contribution in [3.8, 4) is 27.3 Å². The number of rotatable bonds is 7. The van der Waals surface area contributed by atoms with Crippen molar-refractivity contribution < 1.29 is 37.4 Å². The number of carboxylic acid groups (broad SMARTS) is 1. The molecule has 1 aliphatic rings. The number of alkyl halides is 3. The normalized spacial score (nSPS) is 12.4. The molecular formula is C29H23F3N4O5S. The second-order valence-electron chi connectivity index (χ2n) is 9.32. The van der Waals surface area contributed by atoms with Crippen LogP contribution in [-0.2, 0) is 13.0 Å². The van der Waals surface area contributed by atoms with Gasteiger partial charge in [-0.05, 0) is 59.0 Å². The van der Waals surface area contributed by atoms with E-state index in [1.807, 2.05) is 11.4 Å². The fourth-order valence-electron chi connectivity index (χ4n) is 4.49. The summed E-state index contributed by atoms with van der Waals surface area (Å²) in [6.45, 7) is -0.944. The number of hydrogen-bond acceptors (Lipinski definition) is 7. The van der Waals surface area contributed by atoms with E-state index >= 15 is 0 Å². The number of aromatic carboxylic acids is 1. The van der Waals surface area contributed by atoms with Crippen LogP contribution in [0.2, 0.25) is 0 Å². The first kappa shape index (κ1) is 28.8. The first-order valence-corrected chi connectivity index (χ1v) is 13.5. The van der Waals surface area contributed by atoms with Gasteiger partial charge in [-0.25, -0.2) is 9.78 Å². The van der Waals surface area contributed by atoms with Crippen LogP contribution in [0.25, 0.3) is 21.6 Å². The summed E-state index contributed by atoms with van der Waals surface area (Å²) in [7, 11) is 0. The summed E-state index contributed by atoms with van der Waals surface area (Å²) in [5.41, 5.74) is 7.75. The number of pyridine rings is 1. The van der Waals surface area contributed by atoms with E-state index in [0.717, 1.165) is 22.1 Å². The highest BCUT2D eigenvalue weighted by molar-refractivity contribution is 7.13. The van der Waals surface area contributed by atoms with Crippen LogP contribution in [0.5, 0.6) is 5.75 Å². The molecule has 3 heterocycles. The number of benzene rings is 2. The van der Waals surface area contributed by atoms with Crippen LogP contribution in [0.3, 0.4) is 0 Å². The summed E-state index contributed by atoms with van der Waals surface area (Å²) in [5, 5.41) is 16.4. The number of anilines is 1. The molecule has 4 aromatic rings. The van der Waals surface area contributed by atoms with Crippen molar-refractivity contribution in [3.05, 3.63) is 88.1 Å². The SMILES string of the molecule is NCc1ccc(NC(=O)c2cc3c(cc2-c2ccc(C(=O)NCC(F)(F)F)nc2C(=O)O)OCCc2ccsc2-3)cc1. The number of nitrogens with two attached hydrogens (primary N) is 1. The lowest BCUT2D eigenvalue weighted by Crippen LogP contribution is -2.34. The zero-order valence-electron chi connectivity index (χ0n) is 21.7. The molecule has 1 aliphatic heterocycles. The molecule has 13 heteroatoms. The molecule has 0 fully saturated rings. The first-order valence-electron chi connectivity index (χ1n) is 12.6. The third-order valence-electron chi connectivity index (χ3n) is 6.50. The minimum Gasteiger partial charge on any atom is -0.493 e. The fourth-order valence-corrected chi connectivity index (χ4v) is 5.46. The van der Waals surface area contributed by atoms with Crippen LogP contribution < -0.4 is 21.1 Å². The number of fused-ring (bicyclic) bond motifs is 3. The third-order valence-corrected chi connectivity index (χ3v) is 7.49. The Kier molecular flexibility index (Phi) is 7.96. The topological polar surface area (TPSA) is 144 Å². The summed E-state index contributed by atoms with van der Waals surface area (Å²) in [6.07, 6.45) is -4.04. The van der Waals surface area contributed by atoms with Crippen molar-refractivity contribution in [2.24, 2.45) is 5.73 Å². The minimum absolute atomic E-state index is 0.0273. The largest absolute Gasteiger partial charge is 0.493 e. The molecule has 0 saturated carbocycles. The predicted octanol–water partition coefficient (Wildman–Crippen LogP) is 5.11. The van der Waals surface area contributed by atoms with Crippen molar-refractivity contribution in [1.29, 1.82) is 0 Å². The number of carbonyl (C=O) groups is 3. The Morgan fingerprint density at radius 1 is 1.00 bits per heavy atom. The molecule has 5 N–H and O–H groups in total. The second kappa shape index (κ2) is 11.6. The number of thiophene rings is 1. The van der Waals surface area contributed by atoms with Gasteiger partial charge in [0.25, 0.3) is 11.8 Å². The molecule has 0 radical (unpaired) electrons. The van der Waals surface area contributed by atoms with E-state index in [1.165, 1.54) is 17.4 Å². The third kappa shape index (κ3) is 6.11. The smallest absolute Gasteiger partial charge is 0.405 e. The van der Waals surface area contributed by atoms with Gasteiger partial charge in [0, 0.05) is 45.8 Å². The van der Waals surface area contributed by atoms with Gasteiger partial charge >= 0.3 is 12.1 Å². The van der Waals surface area contributed by atoms with Crippen LogP contribution in [0.15, 0.2) is 60.0 Å². The standard InChI is InChI=1S/C29H23F3N4O5S/c30-29(31,32)14-34-27(38)22-6-5-18(24(36-22)28(39)40)19-12-23-21(25-16(7-9-41-23)8-10-42-25)11-20(19)26(37)35-17-3-1-15(13-33)2-4-17/h1-6,8,10-12H,7,9,13-14,33H2,(H,34,38)(H,35,37)(H,39,40). The molecule has 0 spiro atoms. The number of halogens is 3. The zero-order chi connectivity index (χ0) is 30.0. The molecule has 216 valence electrons. The molecule has 0 saturated heterocycles. The number of nitrogens with zero attached hydrogens (tertiary/aromatic N) is 1. The van der Waals surface area contributed by atoms with E-state index in [1.54, 1.807) is 41.7 Å².